The van der Waals surface area contributed by atoms with E-state index in [4.69, 9.17) is 4.74 Å². The van der Waals surface area contributed by atoms with Crippen LogP contribution in [0.3, 0.4) is 0 Å². The van der Waals surface area contributed by atoms with Gasteiger partial charge >= 0.3 is 0 Å². The van der Waals surface area contributed by atoms with Crippen LogP contribution in [0, 0.1) is 5.92 Å². The molecule has 1 heterocycles. The molecule has 1 aliphatic rings. The Bertz CT molecular complexity index is 450. The standard InChI is InChI=1S/C18H30N2O2/c1-15(2)7-10-22-18-6-4-5-16(11-18)12-20-9-8-19(3)17(13-20)14-21/h4-6,11,15,17,21H,7-10,12-14H2,1-3H3/t17-/m1/s1. The van der Waals surface area contributed by atoms with Crippen LogP contribution >= 0.6 is 0 Å². The third-order valence-electron chi connectivity index (χ3n) is 4.34. The summed E-state index contributed by atoms with van der Waals surface area (Å²) in [6.07, 6.45) is 1.08. The number of benzene rings is 1. The Balaban J connectivity index is 1.87. The van der Waals surface area contributed by atoms with Crippen molar-refractivity contribution in [3.8, 4) is 5.75 Å². The van der Waals surface area contributed by atoms with Crippen molar-refractivity contribution < 1.29 is 9.84 Å². The summed E-state index contributed by atoms with van der Waals surface area (Å²) < 4.78 is 5.84. The Morgan fingerprint density at radius 2 is 2.14 bits per heavy atom. The topological polar surface area (TPSA) is 35.9 Å². The van der Waals surface area contributed by atoms with Crippen molar-refractivity contribution in [1.82, 2.24) is 9.80 Å². The molecule has 1 N–H and O–H groups in total. The Kier molecular flexibility index (Phi) is 6.68. The summed E-state index contributed by atoms with van der Waals surface area (Å²) in [7, 11) is 2.08. The maximum absolute atomic E-state index is 9.44. The molecule has 1 atom stereocenters. The highest BCUT2D eigenvalue weighted by Crippen LogP contribution is 2.17. The van der Waals surface area contributed by atoms with Gasteiger partial charge in [0.15, 0.2) is 0 Å². The van der Waals surface area contributed by atoms with Crippen LogP contribution in [0.4, 0.5) is 0 Å². The van der Waals surface area contributed by atoms with Crippen molar-refractivity contribution in [3.63, 3.8) is 0 Å². The fraction of sp³-hybridized carbons (Fsp3) is 0.667. The molecule has 0 unspecified atom stereocenters. The zero-order valence-corrected chi connectivity index (χ0v) is 14.2. The first-order valence-corrected chi connectivity index (χ1v) is 8.33. The van der Waals surface area contributed by atoms with E-state index >= 15 is 0 Å². The fourth-order valence-corrected chi connectivity index (χ4v) is 2.76. The van der Waals surface area contributed by atoms with Crippen LogP contribution in [-0.4, -0.2) is 60.8 Å². The van der Waals surface area contributed by atoms with Gasteiger partial charge in [-0.3, -0.25) is 9.80 Å². The van der Waals surface area contributed by atoms with Crippen LogP contribution in [-0.2, 0) is 6.54 Å². The number of likely N-dealkylation sites (N-methyl/N-ethyl adjacent to an activating group) is 1. The lowest BCUT2D eigenvalue weighted by molar-refractivity contribution is 0.0539. The predicted octanol–water partition coefficient (Wildman–Crippen LogP) is 2.22. The molecule has 0 saturated carbocycles. The van der Waals surface area contributed by atoms with Gasteiger partial charge in [0.25, 0.3) is 0 Å². The van der Waals surface area contributed by atoms with Crippen molar-refractivity contribution in [2.24, 2.45) is 5.92 Å². The second-order valence-corrected chi connectivity index (χ2v) is 6.73. The highest BCUT2D eigenvalue weighted by atomic mass is 16.5. The Morgan fingerprint density at radius 3 is 2.86 bits per heavy atom. The number of piperazine rings is 1. The molecular weight excluding hydrogens is 276 g/mol. The second kappa shape index (κ2) is 8.51. The summed E-state index contributed by atoms with van der Waals surface area (Å²) in [5, 5.41) is 9.44. The van der Waals surface area contributed by atoms with Gasteiger partial charge in [0.05, 0.1) is 13.2 Å². The van der Waals surface area contributed by atoms with Crippen molar-refractivity contribution in [1.29, 1.82) is 0 Å². The molecule has 0 bridgehead atoms. The van der Waals surface area contributed by atoms with Gasteiger partial charge in [-0.25, -0.2) is 0 Å². The molecule has 0 spiro atoms. The largest absolute Gasteiger partial charge is 0.494 e. The summed E-state index contributed by atoms with van der Waals surface area (Å²) in [5.74, 6) is 1.63. The van der Waals surface area contributed by atoms with Crippen LogP contribution in [0.1, 0.15) is 25.8 Å². The van der Waals surface area contributed by atoms with E-state index in [9.17, 15) is 5.11 Å². The van der Waals surface area contributed by atoms with Crippen LogP contribution in [0.5, 0.6) is 5.75 Å². The number of hydrogen-bond acceptors (Lipinski definition) is 4. The molecule has 124 valence electrons. The lowest BCUT2D eigenvalue weighted by Crippen LogP contribution is -2.52. The van der Waals surface area contributed by atoms with Gasteiger partial charge in [0.2, 0.25) is 0 Å². The molecule has 1 aromatic carbocycles. The lowest BCUT2D eigenvalue weighted by Gasteiger charge is -2.38. The predicted molar refractivity (Wildman–Crippen MR) is 90.2 cm³/mol. The smallest absolute Gasteiger partial charge is 0.119 e. The number of aliphatic hydroxyl groups excluding tert-OH is 1. The van der Waals surface area contributed by atoms with Crippen molar-refractivity contribution >= 4 is 0 Å². The van der Waals surface area contributed by atoms with Crippen LogP contribution in [0.2, 0.25) is 0 Å². The third-order valence-corrected chi connectivity index (χ3v) is 4.34. The Morgan fingerprint density at radius 1 is 1.32 bits per heavy atom. The van der Waals surface area contributed by atoms with Gasteiger partial charge in [-0.05, 0) is 37.1 Å². The van der Waals surface area contributed by atoms with Gasteiger partial charge < -0.3 is 9.84 Å². The minimum absolute atomic E-state index is 0.228. The number of aliphatic hydroxyl groups is 1. The number of nitrogens with zero attached hydrogens (tertiary/aromatic N) is 2. The normalized spacial score (nSPS) is 20.5. The molecule has 0 aromatic heterocycles. The molecule has 0 aliphatic carbocycles. The fourth-order valence-electron chi connectivity index (χ4n) is 2.76. The molecule has 1 fully saturated rings. The molecule has 1 saturated heterocycles. The molecule has 4 heteroatoms. The van der Waals surface area contributed by atoms with E-state index in [2.05, 4.69) is 48.9 Å². The van der Waals surface area contributed by atoms with Gasteiger partial charge in [0, 0.05) is 32.2 Å². The Hall–Kier alpha value is -1.10. The summed E-state index contributed by atoms with van der Waals surface area (Å²) in [4.78, 5) is 4.65. The minimum Gasteiger partial charge on any atom is -0.494 e. The lowest BCUT2D eigenvalue weighted by atomic mass is 10.1. The van der Waals surface area contributed by atoms with E-state index in [-0.39, 0.29) is 12.6 Å². The van der Waals surface area contributed by atoms with Gasteiger partial charge in [-0.2, -0.15) is 0 Å². The first kappa shape index (κ1) is 17.3. The number of rotatable bonds is 7. The minimum atomic E-state index is 0.228. The maximum Gasteiger partial charge on any atom is 0.119 e. The molecule has 1 aromatic rings. The van der Waals surface area contributed by atoms with E-state index in [1.165, 1.54) is 5.56 Å². The number of hydrogen-bond donors (Lipinski definition) is 1. The molecule has 1 aliphatic heterocycles. The first-order chi connectivity index (χ1) is 10.6. The Labute approximate surface area is 134 Å². The summed E-state index contributed by atoms with van der Waals surface area (Å²) in [5.41, 5.74) is 1.28. The van der Waals surface area contributed by atoms with E-state index in [0.717, 1.165) is 45.0 Å². The molecule has 4 nitrogen and oxygen atoms in total. The van der Waals surface area contributed by atoms with Crippen molar-refractivity contribution in [2.75, 3.05) is 39.9 Å². The average Bonchev–Trinajstić information content (AvgIpc) is 2.49. The molecule has 0 amide bonds. The van der Waals surface area contributed by atoms with Crippen LogP contribution in [0.15, 0.2) is 24.3 Å². The second-order valence-electron chi connectivity index (χ2n) is 6.73. The van der Waals surface area contributed by atoms with Crippen molar-refractivity contribution in [2.45, 2.75) is 32.9 Å². The summed E-state index contributed by atoms with van der Waals surface area (Å²) in [6.45, 7) is 9.33. The van der Waals surface area contributed by atoms with E-state index < -0.39 is 0 Å². The van der Waals surface area contributed by atoms with Crippen molar-refractivity contribution in [3.05, 3.63) is 29.8 Å². The quantitative estimate of drug-likeness (QED) is 0.838. The number of ether oxygens (including phenoxy) is 1. The molecule has 22 heavy (non-hydrogen) atoms. The van der Waals surface area contributed by atoms with Crippen LogP contribution < -0.4 is 4.74 Å². The van der Waals surface area contributed by atoms with E-state index in [1.54, 1.807) is 0 Å². The summed E-state index contributed by atoms with van der Waals surface area (Å²) >= 11 is 0. The van der Waals surface area contributed by atoms with E-state index in [1.807, 2.05) is 6.07 Å². The SMILES string of the molecule is CC(C)CCOc1cccc(CN2CCN(C)[C@@H](CO)C2)c1. The molecule has 0 radical (unpaired) electrons. The van der Waals surface area contributed by atoms with E-state index in [0.29, 0.717) is 5.92 Å². The first-order valence-electron chi connectivity index (χ1n) is 8.33. The highest BCUT2D eigenvalue weighted by molar-refractivity contribution is 5.28. The van der Waals surface area contributed by atoms with Gasteiger partial charge in [-0.1, -0.05) is 26.0 Å². The third kappa shape index (κ3) is 5.27. The summed E-state index contributed by atoms with van der Waals surface area (Å²) in [6, 6.07) is 8.65. The monoisotopic (exact) mass is 306 g/mol. The van der Waals surface area contributed by atoms with Gasteiger partial charge in [-0.15, -0.1) is 0 Å². The molecular formula is C18H30N2O2. The zero-order valence-electron chi connectivity index (χ0n) is 14.2. The highest BCUT2D eigenvalue weighted by Gasteiger charge is 2.23. The zero-order chi connectivity index (χ0) is 15.9. The van der Waals surface area contributed by atoms with Gasteiger partial charge in [0.1, 0.15) is 5.75 Å². The molecule has 2 rings (SSSR count). The van der Waals surface area contributed by atoms with Crippen LogP contribution in [0.25, 0.3) is 0 Å². The average molecular weight is 306 g/mol. The maximum atomic E-state index is 9.44.